The van der Waals surface area contributed by atoms with Crippen LogP contribution in [0.1, 0.15) is 25.0 Å². The van der Waals surface area contributed by atoms with Gasteiger partial charge < -0.3 is 10.2 Å². The predicted molar refractivity (Wildman–Crippen MR) is 148 cm³/mol. The molecule has 37 heavy (non-hydrogen) atoms. The van der Waals surface area contributed by atoms with Gasteiger partial charge in [-0.2, -0.15) is 0 Å². The molecule has 2 amide bonds. The summed E-state index contributed by atoms with van der Waals surface area (Å²) in [5.74, 6) is -0.809. The van der Waals surface area contributed by atoms with Crippen LogP contribution in [0.5, 0.6) is 0 Å². The number of halogens is 1. The van der Waals surface area contributed by atoms with E-state index in [1.165, 1.54) is 4.90 Å². The van der Waals surface area contributed by atoms with Gasteiger partial charge in [0, 0.05) is 24.0 Å². The SMILES string of the molecule is CC(C)NC(=O)C(Cc1ccccc1)N(Cc1ccc(Cl)cc1)C(=O)CN(c1ccccc1)S(C)(=O)=O. The highest BCUT2D eigenvalue weighted by Gasteiger charge is 2.33. The summed E-state index contributed by atoms with van der Waals surface area (Å²) in [7, 11) is -3.78. The summed E-state index contributed by atoms with van der Waals surface area (Å²) in [4.78, 5) is 28.8. The van der Waals surface area contributed by atoms with E-state index >= 15 is 0 Å². The topological polar surface area (TPSA) is 86.8 Å². The number of benzene rings is 3. The molecule has 1 atom stereocenters. The molecular weight excluding hydrogens is 510 g/mol. The molecule has 9 heteroatoms. The van der Waals surface area contributed by atoms with Gasteiger partial charge in [-0.15, -0.1) is 0 Å². The summed E-state index contributed by atoms with van der Waals surface area (Å²) in [5, 5.41) is 3.47. The van der Waals surface area contributed by atoms with Gasteiger partial charge in [0.15, 0.2) is 0 Å². The third-order valence-corrected chi connectivity index (χ3v) is 7.08. The van der Waals surface area contributed by atoms with E-state index in [1.54, 1.807) is 54.6 Å². The highest BCUT2D eigenvalue weighted by molar-refractivity contribution is 7.92. The third kappa shape index (κ3) is 8.33. The van der Waals surface area contributed by atoms with Crippen molar-refractivity contribution in [1.82, 2.24) is 10.2 Å². The lowest BCUT2D eigenvalue weighted by molar-refractivity contribution is -0.140. The van der Waals surface area contributed by atoms with E-state index in [0.29, 0.717) is 10.7 Å². The summed E-state index contributed by atoms with van der Waals surface area (Å²) in [5.41, 5.74) is 2.01. The normalized spacial score (nSPS) is 12.1. The molecule has 196 valence electrons. The number of rotatable bonds is 11. The smallest absolute Gasteiger partial charge is 0.244 e. The fraction of sp³-hybridized carbons (Fsp3) is 0.286. The summed E-state index contributed by atoms with van der Waals surface area (Å²) in [6, 6.07) is 23.9. The number of sulfonamides is 1. The fourth-order valence-corrected chi connectivity index (χ4v) is 4.90. The first-order chi connectivity index (χ1) is 17.5. The van der Waals surface area contributed by atoms with Crippen molar-refractivity contribution < 1.29 is 18.0 Å². The zero-order chi connectivity index (χ0) is 27.0. The third-order valence-electron chi connectivity index (χ3n) is 5.69. The Morgan fingerprint density at radius 1 is 0.865 bits per heavy atom. The van der Waals surface area contributed by atoms with Crippen molar-refractivity contribution in [1.29, 1.82) is 0 Å². The first kappa shape index (κ1) is 28.2. The van der Waals surface area contributed by atoms with Crippen LogP contribution in [-0.4, -0.2) is 50.0 Å². The van der Waals surface area contributed by atoms with E-state index in [0.717, 1.165) is 21.7 Å². The summed E-state index contributed by atoms with van der Waals surface area (Å²) in [6.45, 7) is 3.36. The van der Waals surface area contributed by atoms with Gasteiger partial charge >= 0.3 is 0 Å². The van der Waals surface area contributed by atoms with Crippen molar-refractivity contribution in [3.8, 4) is 0 Å². The number of nitrogens with one attached hydrogen (secondary N) is 1. The van der Waals surface area contributed by atoms with Gasteiger partial charge in [-0.1, -0.05) is 72.3 Å². The van der Waals surface area contributed by atoms with E-state index in [1.807, 2.05) is 44.2 Å². The maximum atomic E-state index is 13.9. The molecule has 0 spiro atoms. The Labute approximate surface area is 224 Å². The van der Waals surface area contributed by atoms with Crippen LogP contribution in [0.2, 0.25) is 5.02 Å². The Kier molecular flexibility index (Phi) is 9.72. The second-order valence-electron chi connectivity index (χ2n) is 9.12. The average molecular weight is 542 g/mol. The molecule has 0 fully saturated rings. The second-order valence-corrected chi connectivity index (χ2v) is 11.5. The molecule has 0 aliphatic rings. The lowest BCUT2D eigenvalue weighted by Crippen LogP contribution is -2.54. The van der Waals surface area contributed by atoms with Crippen LogP contribution < -0.4 is 9.62 Å². The molecule has 3 aromatic rings. The molecule has 0 aliphatic heterocycles. The number of anilines is 1. The predicted octanol–water partition coefficient (Wildman–Crippen LogP) is 4.27. The largest absolute Gasteiger partial charge is 0.352 e. The number of para-hydroxylation sites is 1. The van der Waals surface area contributed by atoms with Gasteiger partial charge in [0.1, 0.15) is 12.6 Å². The van der Waals surface area contributed by atoms with Crippen LogP contribution in [0.3, 0.4) is 0 Å². The Hall–Kier alpha value is -3.36. The van der Waals surface area contributed by atoms with E-state index in [9.17, 15) is 18.0 Å². The molecule has 1 N–H and O–H groups in total. The Morgan fingerprint density at radius 3 is 1.97 bits per heavy atom. The molecule has 3 rings (SSSR count). The molecule has 0 heterocycles. The zero-order valence-electron chi connectivity index (χ0n) is 21.2. The number of nitrogens with zero attached hydrogens (tertiary/aromatic N) is 2. The van der Waals surface area contributed by atoms with E-state index < -0.39 is 28.5 Å². The van der Waals surface area contributed by atoms with E-state index in [2.05, 4.69) is 5.32 Å². The summed E-state index contributed by atoms with van der Waals surface area (Å²) >= 11 is 6.06. The molecular formula is C28H32ClN3O4S. The Bertz CT molecular complexity index is 1280. The molecule has 0 saturated heterocycles. The molecule has 3 aromatic carbocycles. The monoisotopic (exact) mass is 541 g/mol. The van der Waals surface area contributed by atoms with Crippen LogP contribution in [-0.2, 0) is 32.6 Å². The van der Waals surface area contributed by atoms with Gasteiger partial charge in [-0.3, -0.25) is 13.9 Å². The van der Waals surface area contributed by atoms with E-state index in [4.69, 9.17) is 11.6 Å². The lowest BCUT2D eigenvalue weighted by Gasteiger charge is -2.34. The Balaban J connectivity index is 2.03. The summed E-state index contributed by atoms with van der Waals surface area (Å²) in [6.07, 6.45) is 1.33. The number of amides is 2. The highest BCUT2D eigenvalue weighted by Crippen LogP contribution is 2.20. The highest BCUT2D eigenvalue weighted by atomic mass is 35.5. The van der Waals surface area contributed by atoms with Gasteiger partial charge in [-0.25, -0.2) is 8.42 Å². The first-order valence-electron chi connectivity index (χ1n) is 12.0. The summed E-state index contributed by atoms with van der Waals surface area (Å²) < 4.78 is 26.4. The maximum Gasteiger partial charge on any atom is 0.244 e. The van der Waals surface area contributed by atoms with Crippen molar-refractivity contribution >= 4 is 39.1 Å². The number of hydrogen-bond donors (Lipinski definition) is 1. The molecule has 0 aliphatic carbocycles. The molecule has 0 aromatic heterocycles. The van der Waals surface area contributed by atoms with Crippen LogP contribution in [0.25, 0.3) is 0 Å². The van der Waals surface area contributed by atoms with Gasteiger partial charge in [-0.05, 0) is 49.2 Å². The minimum absolute atomic E-state index is 0.103. The van der Waals surface area contributed by atoms with Crippen molar-refractivity contribution in [2.24, 2.45) is 0 Å². The zero-order valence-corrected chi connectivity index (χ0v) is 22.7. The van der Waals surface area contributed by atoms with Crippen molar-refractivity contribution in [3.05, 3.63) is 101 Å². The lowest BCUT2D eigenvalue weighted by atomic mass is 10.0. The number of carbonyl (C=O) groups is 2. The van der Waals surface area contributed by atoms with Crippen LogP contribution in [0.4, 0.5) is 5.69 Å². The van der Waals surface area contributed by atoms with Crippen molar-refractivity contribution in [3.63, 3.8) is 0 Å². The van der Waals surface area contributed by atoms with Crippen LogP contribution in [0.15, 0.2) is 84.9 Å². The van der Waals surface area contributed by atoms with Gasteiger partial charge in [0.2, 0.25) is 21.8 Å². The first-order valence-corrected chi connectivity index (χ1v) is 14.2. The molecule has 0 bridgehead atoms. The molecule has 1 unspecified atom stereocenters. The van der Waals surface area contributed by atoms with E-state index in [-0.39, 0.29) is 24.9 Å². The second kappa shape index (κ2) is 12.7. The average Bonchev–Trinajstić information content (AvgIpc) is 2.85. The van der Waals surface area contributed by atoms with Gasteiger partial charge in [0.05, 0.1) is 11.9 Å². The standard InChI is InChI=1S/C28H32ClN3O4S/c1-21(2)30-28(34)26(18-22-10-6-4-7-11-22)31(19-23-14-16-24(29)17-15-23)27(33)20-32(37(3,35)36)25-12-8-5-9-13-25/h4-17,21,26H,18-20H2,1-3H3,(H,30,34). The van der Waals surface area contributed by atoms with Gasteiger partial charge in [0.25, 0.3) is 0 Å². The maximum absolute atomic E-state index is 13.9. The van der Waals surface area contributed by atoms with Crippen LogP contribution in [0, 0.1) is 0 Å². The van der Waals surface area contributed by atoms with Crippen LogP contribution >= 0.6 is 11.6 Å². The minimum atomic E-state index is -3.78. The fourth-order valence-electron chi connectivity index (χ4n) is 3.93. The van der Waals surface area contributed by atoms with Crippen molar-refractivity contribution in [2.75, 3.05) is 17.1 Å². The minimum Gasteiger partial charge on any atom is -0.352 e. The van der Waals surface area contributed by atoms with Crippen molar-refractivity contribution in [2.45, 2.75) is 38.9 Å². The molecule has 0 saturated carbocycles. The quantitative estimate of drug-likeness (QED) is 0.393. The molecule has 7 nitrogen and oxygen atoms in total. The Morgan fingerprint density at radius 2 is 1.43 bits per heavy atom. The number of carbonyl (C=O) groups excluding carboxylic acids is 2. The molecule has 0 radical (unpaired) electrons. The number of hydrogen-bond acceptors (Lipinski definition) is 4.